The molecule has 5 nitrogen and oxygen atoms in total. The molecular weight excluding hydrogens is 346 g/mol. The summed E-state index contributed by atoms with van der Waals surface area (Å²) in [5, 5.41) is 2.76. The minimum Gasteiger partial charge on any atom is -0.492 e. The minimum absolute atomic E-state index is 0.448. The predicted molar refractivity (Wildman–Crippen MR) is 105 cm³/mol. The fourth-order valence-corrected chi connectivity index (χ4v) is 3.53. The van der Waals surface area contributed by atoms with Gasteiger partial charge in [-0.15, -0.1) is 0 Å². The first-order valence-corrected chi connectivity index (χ1v) is 9.22. The second-order valence-corrected chi connectivity index (χ2v) is 6.90. The van der Waals surface area contributed by atoms with Gasteiger partial charge in [-0.1, -0.05) is 48.2 Å². The van der Waals surface area contributed by atoms with Crippen molar-refractivity contribution in [2.45, 2.75) is 5.16 Å². The van der Waals surface area contributed by atoms with Crippen LogP contribution in [-0.2, 0) is 0 Å². The zero-order valence-electron chi connectivity index (χ0n) is 13.9. The summed E-state index contributed by atoms with van der Waals surface area (Å²) in [5.41, 5.74) is 7.86. The zero-order chi connectivity index (χ0) is 17.9. The highest BCUT2D eigenvalue weighted by Crippen LogP contribution is 2.28. The summed E-state index contributed by atoms with van der Waals surface area (Å²) in [6.07, 6.45) is 0. The fourth-order valence-electron chi connectivity index (χ4n) is 2.82. The molecule has 130 valence electrons. The number of imidazole rings is 1. The van der Waals surface area contributed by atoms with E-state index in [1.54, 1.807) is 23.9 Å². The van der Waals surface area contributed by atoms with Crippen LogP contribution in [0.1, 0.15) is 10.4 Å². The Hall–Kier alpha value is -2.99. The van der Waals surface area contributed by atoms with Crippen molar-refractivity contribution in [3.05, 3.63) is 66.2 Å². The molecule has 0 aliphatic heterocycles. The second-order valence-electron chi connectivity index (χ2n) is 5.82. The summed E-state index contributed by atoms with van der Waals surface area (Å²) in [6, 6.07) is 19.2. The number of carbonyl (C=O) groups is 1. The maximum atomic E-state index is 11.5. The van der Waals surface area contributed by atoms with E-state index in [2.05, 4.69) is 9.97 Å². The van der Waals surface area contributed by atoms with Crippen molar-refractivity contribution >= 4 is 39.5 Å². The molecule has 3 aromatic carbocycles. The quantitative estimate of drug-likeness (QED) is 0.401. The highest BCUT2D eigenvalue weighted by molar-refractivity contribution is 7.99. The number of hydrogen-bond acceptors (Lipinski definition) is 4. The molecule has 0 unspecified atom stereocenters. The SMILES string of the molecule is NC(=O)c1cc(OCCSc2nc3ccccc3[nH]2)c2ccccc2c1. The summed E-state index contributed by atoms with van der Waals surface area (Å²) in [5.74, 6) is 0.939. The van der Waals surface area contributed by atoms with Crippen LogP contribution < -0.4 is 10.5 Å². The molecule has 0 aliphatic rings. The molecule has 0 spiro atoms. The van der Waals surface area contributed by atoms with Gasteiger partial charge in [0.15, 0.2) is 5.16 Å². The Morgan fingerprint density at radius 2 is 1.92 bits per heavy atom. The van der Waals surface area contributed by atoms with Crippen LogP contribution in [0.15, 0.2) is 65.8 Å². The third-order valence-electron chi connectivity index (χ3n) is 4.06. The lowest BCUT2D eigenvalue weighted by Gasteiger charge is -2.10. The van der Waals surface area contributed by atoms with E-state index in [1.807, 2.05) is 48.5 Å². The number of ether oxygens (including phenoxy) is 1. The number of amides is 1. The highest BCUT2D eigenvalue weighted by atomic mass is 32.2. The van der Waals surface area contributed by atoms with Crippen LogP contribution in [0.2, 0.25) is 0 Å². The van der Waals surface area contributed by atoms with Crippen molar-refractivity contribution in [3.63, 3.8) is 0 Å². The van der Waals surface area contributed by atoms with Crippen molar-refractivity contribution in [2.24, 2.45) is 5.73 Å². The van der Waals surface area contributed by atoms with Crippen molar-refractivity contribution < 1.29 is 9.53 Å². The number of thioether (sulfide) groups is 1. The van der Waals surface area contributed by atoms with Gasteiger partial charge in [0, 0.05) is 16.7 Å². The molecule has 0 saturated carbocycles. The number of nitrogens with two attached hydrogens (primary N) is 1. The lowest BCUT2D eigenvalue weighted by molar-refractivity contribution is 0.1000. The molecule has 3 N–H and O–H groups in total. The summed E-state index contributed by atoms with van der Waals surface area (Å²) < 4.78 is 5.94. The van der Waals surface area contributed by atoms with E-state index < -0.39 is 5.91 Å². The summed E-state index contributed by atoms with van der Waals surface area (Å²) >= 11 is 1.60. The lowest BCUT2D eigenvalue weighted by Crippen LogP contribution is -2.11. The topological polar surface area (TPSA) is 81.0 Å². The van der Waals surface area contributed by atoms with Crippen LogP contribution in [0.25, 0.3) is 21.8 Å². The molecule has 4 rings (SSSR count). The largest absolute Gasteiger partial charge is 0.492 e. The highest BCUT2D eigenvalue weighted by Gasteiger charge is 2.09. The molecule has 0 aliphatic carbocycles. The Morgan fingerprint density at radius 1 is 1.12 bits per heavy atom. The molecule has 0 saturated heterocycles. The van der Waals surface area contributed by atoms with Crippen molar-refractivity contribution in [3.8, 4) is 5.75 Å². The van der Waals surface area contributed by atoms with Crippen LogP contribution in [0, 0.1) is 0 Å². The Morgan fingerprint density at radius 3 is 2.77 bits per heavy atom. The second kappa shape index (κ2) is 7.09. The average molecular weight is 363 g/mol. The molecule has 1 aromatic heterocycles. The molecule has 4 aromatic rings. The first-order chi connectivity index (χ1) is 12.7. The van der Waals surface area contributed by atoms with Crippen LogP contribution in [0.4, 0.5) is 0 Å². The van der Waals surface area contributed by atoms with Gasteiger partial charge in [-0.05, 0) is 29.7 Å². The molecule has 26 heavy (non-hydrogen) atoms. The van der Waals surface area contributed by atoms with Crippen LogP contribution in [0.3, 0.4) is 0 Å². The van der Waals surface area contributed by atoms with E-state index in [4.69, 9.17) is 10.5 Å². The number of hydrogen-bond donors (Lipinski definition) is 2. The number of aromatic amines is 1. The van der Waals surface area contributed by atoms with Gasteiger partial charge in [0.05, 0.1) is 17.6 Å². The van der Waals surface area contributed by atoms with Crippen molar-refractivity contribution in [1.29, 1.82) is 0 Å². The van der Waals surface area contributed by atoms with Crippen molar-refractivity contribution in [2.75, 3.05) is 12.4 Å². The molecular formula is C20H17N3O2S. The van der Waals surface area contributed by atoms with Gasteiger partial charge < -0.3 is 15.5 Å². The normalized spacial score (nSPS) is 11.1. The Kier molecular flexibility index (Phi) is 4.50. The smallest absolute Gasteiger partial charge is 0.248 e. The van der Waals surface area contributed by atoms with Crippen LogP contribution >= 0.6 is 11.8 Å². The van der Waals surface area contributed by atoms with Gasteiger partial charge in [0.25, 0.3) is 0 Å². The summed E-state index contributed by atoms with van der Waals surface area (Å²) in [6.45, 7) is 0.494. The van der Waals surface area contributed by atoms with E-state index in [0.29, 0.717) is 17.9 Å². The Balaban J connectivity index is 1.46. The molecule has 0 fully saturated rings. The van der Waals surface area contributed by atoms with Gasteiger partial charge in [0.2, 0.25) is 5.91 Å². The Bertz CT molecular complexity index is 1060. The molecule has 6 heteroatoms. The fraction of sp³-hybridized carbons (Fsp3) is 0.100. The van der Waals surface area contributed by atoms with Gasteiger partial charge in [0.1, 0.15) is 5.75 Å². The number of aromatic nitrogens is 2. The minimum atomic E-state index is -0.461. The number of rotatable bonds is 6. The molecule has 0 atom stereocenters. The van der Waals surface area contributed by atoms with Gasteiger partial charge in [-0.25, -0.2) is 4.98 Å². The van der Waals surface area contributed by atoms with Crippen LogP contribution in [0.5, 0.6) is 5.75 Å². The van der Waals surface area contributed by atoms with Crippen molar-refractivity contribution in [1.82, 2.24) is 9.97 Å². The van der Waals surface area contributed by atoms with Gasteiger partial charge in [-0.2, -0.15) is 0 Å². The maximum Gasteiger partial charge on any atom is 0.248 e. The number of H-pyrrole nitrogens is 1. The van der Waals surface area contributed by atoms with Crippen LogP contribution in [-0.4, -0.2) is 28.2 Å². The first kappa shape index (κ1) is 16.5. The number of primary amides is 1. The molecule has 0 radical (unpaired) electrons. The third-order valence-corrected chi connectivity index (χ3v) is 4.89. The van der Waals surface area contributed by atoms with E-state index >= 15 is 0 Å². The Labute approximate surface area is 154 Å². The lowest BCUT2D eigenvalue weighted by atomic mass is 10.1. The van der Waals surface area contributed by atoms with Gasteiger partial charge >= 0.3 is 0 Å². The van der Waals surface area contributed by atoms with E-state index in [-0.39, 0.29) is 0 Å². The van der Waals surface area contributed by atoms with Gasteiger partial charge in [-0.3, -0.25) is 4.79 Å². The number of benzene rings is 3. The monoisotopic (exact) mass is 363 g/mol. The number of para-hydroxylation sites is 2. The molecule has 0 bridgehead atoms. The number of carbonyl (C=O) groups excluding carboxylic acids is 1. The zero-order valence-corrected chi connectivity index (χ0v) is 14.8. The molecule has 1 amide bonds. The van der Waals surface area contributed by atoms with E-state index in [1.165, 1.54) is 0 Å². The number of fused-ring (bicyclic) bond motifs is 2. The standard InChI is InChI=1S/C20H17N3O2S/c21-19(24)14-11-13-5-1-2-6-15(13)18(12-14)25-9-10-26-20-22-16-7-3-4-8-17(16)23-20/h1-8,11-12H,9-10H2,(H2,21,24)(H,22,23). The summed E-state index contributed by atoms with van der Waals surface area (Å²) in [7, 11) is 0. The number of nitrogens with one attached hydrogen (secondary N) is 1. The average Bonchev–Trinajstić information content (AvgIpc) is 3.07. The van der Waals surface area contributed by atoms with E-state index in [0.717, 1.165) is 32.7 Å². The predicted octanol–water partition coefficient (Wildman–Crippen LogP) is 3.99. The maximum absolute atomic E-state index is 11.5. The summed E-state index contributed by atoms with van der Waals surface area (Å²) in [4.78, 5) is 19.4. The third kappa shape index (κ3) is 3.36. The number of nitrogens with zero attached hydrogens (tertiary/aromatic N) is 1. The first-order valence-electron chi connectivity index (χ1n) is 8.24. The molecule has 1 heterocycles. The van der Waals surface area contributed by atoms with E-state index in [9.17, 15) is 4.79 Å².